The molecule has 1 aromatic heterocycles. The first-order valence-corrected chi connectivity index (χ1v) is 5.90. The first kappa shape index (κ1) is 14.9. The number of nitrogens with one attached hydrogen (secondary N) is 1. The maximum absolute atomic E-state index is 11.9. The Balaban J connectivity index is 2.90. The molecule has 19 heavy (non-hydrogen) atoms. The summed E-state index contributed by atoms with van der Waals surface area (Å²) < 4.78 is 5.04. The first-order valence-electron chi connectivity index (χ1n) is 5.90. The van der Waals surface area contributed by atoms with E-state index in [1.165, 1.54) is 13.8 Å². The van der Waals surface area contributed by atoms with E-state index in [4.69, 9.17) is 9.63 Å². The van der Waals surface area contributed by atoms with Crippen LogP contribution in [-0.4, -0.2) is 22.1 Å². The highest BCUT2D eigenvalue weighted by Gasteiger charge is 2.20. The third-order valence-corrected chi connectivity index (χ3v) is 3.09. The predicted octanol–water partition coefficient (Wildman–Crippen LogP) is 1.89. The number of hydrogen-bond donors (Lipinski definition) is 2. The van der Waals surface area contributed by atoms with Gasteiger partial charge in [0.2, 0.25) is 5.91 Å². The topological polar surface area (TPSA) is 92.4 Å². The van der Waals surface area contributed by atoms with Gasteiger partial charge in [-0.2, -0.15) is 0 Å². The van der Waals surface area contributed by atoms with E-state index in [9.17, 15) is 9.59 Å². The van der Waals surface area contributed by atoms with E-state index in [0.717, 1.165) is 5.56 Å². The van der Waals surface area contributed by atoms with Crippen molar-refractivity contribution in [2.75, 3.05) is 0 Å². The van der Waals surface area contributed by atoms with Gasteiger partial charge in [0.1, 0.15) is 5.76 Å². The second-order valence-corrected chi connectivity index (χ2v) is 4.49. The molecule has 0 saturated carbocycles. The van der Waals surface area contributed by atoms with Gasteiger partial charge >= 0.3 is 5.97 Å². The standard InChI is InChI=1S/C13H18N2O4/c1-6(7(2)13(17)18)12(16)14-8(3)11-9(4)15-19-10(11)5/h8H,1-5H3,(H,14,16)(H,17,18). The van der Waals surface area contributed by atoms with Crippen LogP contribution in [-0.2, 0) is 9.59 Å². The molecule has 2 N–H and O–H groups in total. The fourth-order valence-electron chi connectivity index (χ4n) is 1.82. The van der Waals surface area contributed by atoms with Gasteiger partial charge in [-0.15, -0.1) is 0 Å². The smallest absolute Gasteiger partial charge is 0.331 e. The molecule has 0 aliphatic carbocycles. The molecule has 1 unspecified atom stereocenters. The number of carboxylic acid groups (broad SMARTS) is 1. The molecule has 1 atom stereocenters. The van der Waals surface area contributed by atoms with E-state index >= 15 is 0 Å². The minimum absolute atomic E-state index is 0.0310. The van der Waals surface area contributed by atoms with Crippen molar-refractivity contribution < 1.29 is 19.2 Å². The molecular formula is C13H18N2O4. The first-order chi connectivity index (χ1) is 8.75. The van der Waals surface area contributed by atoms with Crippen molar-refractivity contribution in [2.24, 2.45) is 0 Å². The summed E-state index contributed by atoms with van der Waals surface area (Å²) in [7, 11) is 0. The molecule has 0 aromatic carbocycles. The number of carboxylic acids is 1. The Morgan fingerprint density at radius 2 is 1.84 bits per heavy atom. The van der Waals surface area contributed by atoms with Crippen LogP contribution < -0.4 is 5.32 Å². The Hall–Kier alpha value is -2.11. The maximum Gasteiger partial charge on any atom is 0.331 e. The normalized spacial score (nSPS) is 13.7. The van der Waals surface area contributed by atoms with Crippen molar-refractivity contribution in [2.45, 2.75) is 40.7 Å². The number of hydrogen-bond acceptors (Lipinski definition) is 4. The van der Waals surface area contributed by atoms with Gasteiger partial charge in [-0.3, -0.25) is 4.79 Å². The summed E-state index contributed by atoms with van der Waals surface area (Å²) in [5.74, 6) is -0.869. The maximum atomic E-state index is 11.9. The molecule has 0 radical (unpaired) electrons. The Bertz CT molecular complexity index is 523. The minimum atomic E-state index is -1.10. The zero-order valence-electron chi connectivity index (χ0n) is 11.7. The lowest BCUT2D eigenvalue weighted by atomic mass is 10.1. The fraction of sp³-hybridized carbons (Fsp3) is 0.462. The summed E-state index contributed by atoms with van der Waals surface area (Å²) in [6.07, 6.45) is 0. The average molecular weight is 266 g/mol. The van der Waals surface area contributed by atoms with E-state index in [2.05, 4.69) is 10.5 Å². The summed E-state index contributed by atoms with van der Waals surface area (Å²) in [4.78, 5) is 22.7. The van der Waals surface area contributed by atoms with E-state index in [1.54, 1.807) is 20.8 Å². The van der Waals surface area contributed by atoms with Crippen molar-refractivity contribution in [3.05, 3.63) is 28.2 Å². The lowest BCUT2D eigenvalue weighted by Crippen LogP contribution is -2.29. The molecule has 6 nitrogen and oxygen atoms in total. The van der Waals surface area contributed by atoms with Crippen LogP contribution in [0.25, 0.3) is 0 Å². The molecule has 1 aromatic rings. The highest BCUT2D eigenvalue weighted by Crippen LogP contribution is 2.21. The van der Waals surface area contributed by atoms with E-state index in [0.29, 0.717) is 11.5 Å². The number of carbonyl (C=O) groups is 2. The van der Waals surface area contributed by atoms with Crippen LogP contribution >= 0.6 is 0 Å². The Morgan fingerprint density at radius 3 is 2.26 bits per heavy atom. The summed E-state index contributed by atoms with van der Waals surface area (Å²) >= 11 is 0. The Morgan fingerprint density at radius 1 is 1.26 bits per heavy atom. The summed E-state index contributed by atoms with van der Waals surface area (Å²) in [6, 6.07) is -0.296. The monoisotopic (exact) mass is 266 g/mol. The van der Waals surface area contributed by atoms with Crippen molar-refractivity contribution in [3.63, 3.8) is 0 Å². The van der Waals surface area contributed by atoms with Crippen molar-refractivity contribution in [1.82, 2.24) is 10.5 Å². The van der Waals surface area contributed by atoms with E-state index in [-0.39, 0.29) is 17.2 Å². The number of aryl methyl sites for hydroxylation is 2. The van der Waals surface area contributed by atoms with Crippen LogP contribution in [0, 0.1) is 13.8 Å². The van der Waals surface area contributed by atoms with Gasteiger partial charge in [-0.25, -0.2) is 4.79 Å². The lowest BCUT2D eigenvalue weighted by molar-refractivity contribution is -0.133. The van der Waals surface area contributed by atoms with E-state index < -0.39 is 11.9 Å². The van der Waals surface area contributed by atoms with Gasteiger partial charge in [0.05, 0.1) is 11.7 Å². The molecule has 0 spiro atoms. The quantitative estimate of drug-likeness (QED) is 0.812. The van der Waals surface area contributed by atoms with Gasteiger partial charge < -0.3 is 14.9 Å². The highest BCUT2D eigenvalue weighted by molar-refractivity contribution is 6.01. The molecule has 104 valence electrons. The van der Waals surface area contributed by atoms with Gasteiger partial charge in [-0.05, 0) is 34.6 Å². The zero-order valence-corrected chi connectivity index (χ0v) is 11.7. The lowest BCUT2D eigenvalue weighted by Gasteiger charge is -2.14. The van der Waals surface area contributed by atoms with E-state index in [1.807, 2.05) is 0 Å². The van der Waals surface area contributed by atoms with Crippen LogP contribution in [0.5, 0.6) is 0 Å². The highest BCUT2D eigenvalue weighted by atomic mass is 16.5. The Labute approximate surface area is 111 Å². The third kappa shape index (κ3) is 3.21. The summed E-state index contributed by atoms with van der Waals surface area (Å²) in [5.41, 5.74) is 1.74. The number of amides is 1. The molecule has 0 fully saturated rings. The molecule has 6 heteroatoms. The summed E-state index contributed by atoms with van der Waals surface area (Å²) in [5, 5.41) is 15.4. The fourth-order valence-corrected chi connectivity index (χ4v) is 1.82. The molecule has 0 saturated heterocycles. The molecule has 0 aliphatic heterocycles. The van der Waals surface area contributed by atoms with Crippen LogP contribution in [0.1, 0.15) is 43.8 Å². The predicted molar refractivity (Wildman–Crippen MR) is 68.5 cm³/mol. The number of rotatable bonds is 4. The molecule has 0 aliphatic rings. The minimum Gasteiger partial charge on any atom is -0.478 e. The molecule has 1 amide bonds. The number of aromatic nitrogens is 1. The van der Waals surface area contributed by atoms with Crippen molar-refractivity contribution in [1.29, 1.82) is 0 Å². The number of aliphatic carboxylic acids is 1. The molecular weight excluding hydrogens is 248 g/mol. The van der Waals surface area contributed by atoms with Gasteiger partial charge in [0.15, 0.2) is 0 Å². The largest absolute Gasteiger partial charge is 0.478 e. The second kappa shape index (κ2) is 5.69. The average Bonchev–Trinajstić information content (AvgIpc) is 2.66. The van der Waals surface area contributed by atoms with Gasteiger partial charge in [0.25, 0.3) is 0 Å². The Kier molecular flexibility index (Phi) is 4.47. The molecule has 1 rings (SSSR count). The SMILES string of the molecule is CC(C(=O)O)=C(C)C(=O)NC(C)c1c(C)noc1C. The third-order valence-electron chi connectivity index (χ3n) is 3.09. The van der Waals surface area contributed by atoms with Crippen LogP contribution in [0.15, 0.2) is 15.7 Å². The number of carbonyl (C=O) groups excluding carboxylic acids is 1. The van der Waals surface area contributed by atoms with Gasteiger partial charge in [-0.1, -0.05) is 5.16 Å². The van der Waals surface area contributed by atoms with Crippen LogP contribution in [0.3, 0.4) is 0 Å². The number of nitrogens with zero attached hydrogens (tertiary/aromatic N) is 1. The molecule has 1 heterocycles. The molecule has 0 bridgehead atoms. The van der Waals surface area contributed by atoms with Crippen LogP contribution in [0.4, 0.5) is 0 Å². The zero-order chi connectivity index (χ0) is 14.7. The van der Waals surface area contributed by atoms with Crippen molar-refractivity contribution >= 4 is 11.9 Å². The van der Waals surface area contributed by atoms with Crippen LogP contribution in [0.2, 0.25) is 0 Å². The van der Waals surface area contributed by atoms with Gasteiger partial charge in [0, 0.05) is 16.7 Å². The summed E-state index contributed by atoms with van der Waals surface area (Å²) in [6.45, 7) is 8.24. The van der Waals surface area contributed by atoms with Crippen molar-refractivity contribution in [3.8, 4) is 0 Å². The second-order valence-electron chi connectivity index (χ2n) is 4.49.